The first-order valence-electron chi connectivity index (χ1n) is 5.23. The quantitative estimate of drug-likeness (QED) is 0.796. The zero-order valence-corrected chi connectivity index (χ0v) is 12.6. The summed E-state index contributed by atoms with van der Waals surface area (Å²) in [5.41, 5.74) is 2.14. The molecule has 17 heavy (non-hydrogen) atoms. The van der Waals surface area contributed by atoms with E-state index in [-0.39, 0.29) is 0 Å². The van der Waals surface area contributed by atoms with Gasteiger partial charge in [0.1, 0.15) is 5.56 Å². The Morgan fingerprint density at radius 3 is 2.59 bits per heavy atom. The van der Waals surface area contributed by atoms with Crippen LogP contribution in [-0.4, -0.2) is 26.7 Å². The molecule has 0 spiro atoms. The number of rotatable bonds is 3. The highest BCUT2D eigenvalue weighted by molar-refractivity contribution is 9.10. The van der Waals surface area contributed by atoms with Crippen molar-refractivity contribution in [2.45, 2.75) is 13.8 Å². The van der Waals surface area contributed by atoms with Crippen LogP contribution in [0.1, 0.15) is 22.8 Å². The van der Waals surface area contributed by atoms with Gasteiger partial charge >= 0.3 is 5.97 Å². The third-order valence-electron chi connectivity index (χ3n) is 2.33. The highest BCUT2D eigenvalue weighted by Gasteiger charge is 2.21. The molecule has 0 atom stereocenters. The summed E-state index contributed by atoms with van der Waals surface area (Å²) in [7, 11) is 3.73. The molecule has 3 nitrogen and oxygen atoms in total. The van der Waals surface area contributed by atoms with Gasteiger partial charge in [0.15, 0.2) is 0 Å². The van der Waals surface area contributed by atoms with Crippen molar-refractivity contribution in [1.29, 1.82) is 0 Å². The third-order valence-corrected chi connectivity index (χ3v) is 3.96. The molecule has 0 saturated heterocycles. The first kappa shape index (κ1) is 14.3. The molecular weight excluding hydrogens is 305 g/mol. The monoisotopic (exact) mass is 319 g/mol. The molecule has 1 aromatic carbocycles. The number of nitrogens with zero attached hydrogens (tertiary/aromatic N) is 1. The van der Waals surface area contributed by atoms with Crippen molar-refractivity contribution in [1.82, 2.24) is 0 Å². The summed E-state index contributed by atoms with van der Waals surface area (Å²) in [5, 5.41) is 0.396. The lowest BCUT2D eigenvalue weighted by molar-refractivity contribution is 0.0527. The lowest BCUT2D eigenvalue weighted by Gasteiger charge is -2.19. The van der Waals surface area contributed by atoms with Gasteiger partial charge in [-0.3, -0.25) is 0 Å². The van der Waals surface area contributed by atoms with Crippen molar-refractivity contribution in [2.75, 3.05) is 25.6 Å². The number of hydrogen-bond acceptors (Lipinski definition) is 3. The number of aryl methyl sites for hydroxylation is 1. The van der Waals surface area contributed by atoms with Crippen LogP contribution >= 0.6 is 27.5 Å². The van der Waals surface area contributed by atoms with Crippen molar-refractivity contribution in [2.24, 2.45) is 0 Å². The van der Waals surface area contributed by atoms with E-state index in [9.17, 15) is 4.79 Å². The molecule has 1 rings (SSSR count). The van der Waals surface area contributed by atoms with E-state index in [0.29, 0.717) is 17.2 Å². The third kappa shape index (κ3) is 2.93. The Labute approximate surface area is 115 Å². The highest BCUT2D eigenvalue weighted by Crippen LogP contribution is 2.36. The number of halogens is 2. The Bertz CT molecular complexity index is 447. The number of hydrogen-bond donors (Lipinski definition) is 0. The van der Waals surface area contributed by atoms with Crippen molar-refractivity contribution >= 4 is 39.2 Å². The van der Waals surface area contributed by atoms with Crippen molar-refractivity contribution in [3.63, 3.8) is 0 Å². The molecule has 0 amide bonds. The summed E-state index contributed by atoms with van der Waals surface area (Å²) in [6.45, 7) is 4.02. The molecule has 0 fully saturated rings. The van der Waals surface area contributed by atoms with Crippen LogP contribution in [-0.2, 0) is 4.74 Å². The van der Waals surface area contributed by atoms with Gasteiger partial charge in [-0.2, -0.15) is 0 Å². The predicted octanol–water partition coefficient (Wildman–Crippen LogP) is 3.65. The Morgan fingerprint density at radius 1 is 1.53 bits per heavy atom. The van der Waals surface area contributed by atoms with Gasteiger partial charge in [-0.05, 0) is 41.4 Å². The van der Waals surface area contributed by atoms with E-state index in [1.807, 2.05) is 32.0 Å². The second-order valence-electron chi connectivity index (χ2n) is 3.83. The molecule has 1 aromatic rings. The average Bonchev–Trinajstić information content (AvgIpc) is 2.25. The molecule has 94 valence electrons. The average molecular weight is 321 g/mol. The van der Waals surface area contributed by atoms with Crippen molar-refractivity contribution < 1.29 is 9.53 Å². The van der Waals surface area contributed by atoms with Crippen LogP contribution in [0.15, 0.2) is 10.5 Å². The van der Waals surface area contributed by atoms with Crippen LogP contribution in [0, 0.1) is 6.92 Å². The first-order chi connectivity index (χ1) is 7.90. The van der Waals surface area contributed by atoms with Gasteiger partial charge in [0.05, 0.1) is 17.3 Å². The number of ether oxygens (including phenoxy) is 1. The number of carbonyl (C=O) groups excluding carboxylic acids is 1. The second-order valence-corrected chi connectivity index (χ2v) is 5.00. The van der Waals surface area contributed by atoms with E-state index in [1.165, 1.54) is 0 Å². The molecule has 0 saturated carbocycles. The Kier molecular flexibility index (Phi) is 4.83. The fourth-order valence-electron chi connectivity index (χ4n) is 1.49. The number of anilines is 1. The molecule has 0 N–H and O–H groups in total. The van der Waals surface area contributed by atoms with E-state index in [2.05, 4.69) is 15.9 Å². The summed E-state index contributed by atoms with van der Waals surface area (Å²) in [6.07, 6.45) is 0. The van der Waals surface area contributed by atoms with Gasteiger partial charge < -0.3 is 9.64 Å². The lowest BCUT2D eigenvalue weighted by Crippen LogP contribution is -2.16. The number of benzene rings is 1. The summed E-state index contributed by atoms with van der Waals surface area (Å²) < 4.78 is 5.75. The minimum absolute atomic E-state index is 0.327. The maximum absolute atomic E-state index is 11.9. The fraction of sp³-hybridized carbons (Fsp3) is 0.417. The van der Waals surface area contributed by atoms with Crippen LogP contribution < -0.4 is 4.90 Å². The van der Waals surface area contributed by atoms with E-state index < -0.39 is 5.97 Å². The largest absolute Gasteiger partial charge is 0.462 e. The van der Waals surface area contributed by atoms with E-state index in [4.69, 9.17) is 16.3 Å². The van der Waals surface area contributed by atoms with Crippen LogP contribution in [0.5, 0.6) is 0 Å². The van der Waals surface area contributed by atoms with Gasteiger partial charge in [0.25, 0.3) is 0 Å². The summed E-state index contributed by atoms with van der Waals surface area (Å²) in [6, 6.07) is 1.90. The Hall–Kier alpha value is -0.740. The van der Waals surface area contributed by atoms with E-state index >= 15 is 0 Å². The topological polar surface area (TPSA) is 29.5 Å². The molecule has 0 aromatic heterocycles. The maximum Gasteiger partial charge on any atom is 0.341 e. The zero-order chi connectivity index (χ0) is 13.2. The lowest BCUT2D eigenvalue weighted by atomic mass is 10.1. The molecule has 0 unspecified atom stereocenters. The molecule has 0 aliphatic carbocycles. The van der Waals surface area contributed by atoms with Crippen LogP contribution in [0.3, 0.4) is 0 Å². The molecule has 0 aliphatic heterocycles. The smallest absolute Gasteiger partial charge is 0.341 e. The van der Waals surface area contributed by atoms with Gasteiger partial charge in [-0.1, -0.05) is 11.6 Å². The van der Waals surface area contributed by atoms with Crippen LogP contribution in [0.2, 0.25) is 5.02 Å². The molecule has 0 bridgehead atoms. The minimum atomic E-state index is -0.401. The summed E-state index contributed by atoms with van der Waals surface area (Å²) in [4.78, 5) is 13.7. The normalized spacial score (nSPS) is 10.2. The Balaban J connectivity index is 3.44. The maximum atomic E-state index is 11.9. The number of esters is 1. The van der Waals surface area contributed by atoms with Gasteiger partial charge in [-0.25, -0.2) is 4.79 Å². The molecule has 0 radical (unpaired) electrons. The number of carbonyl (C=O) groups is 1. The Morgan fingerprint density at radius 2 is 2.12 bits per heavy atom. The van der Waals surface area contributed by atoms with Gasteiger partial charge in [-0.15, -0.1) is 0 Å². The SMILES string of the molecule is CCOC(=O)c1c(N(C)C)cc(C)c(Br)c1Cl. The van der Waals surface area contributed by atoms with Crippen LogP contribution in [0.25, 0.3) is 0 Å². The predicted molar refractivity (Wildman–Crippen MR) is 74.2 cm³/mol. The molecule has 0 aliphatic rings. The fourth-order valence-corrected chi connectivity index (χ4v) is 2.12. The summed E-state index contributed by atoms with van der Waals surface area (Å²) in [5.74, 6) is -0.401. The van der Waals surface area contributed by atoms with Gasteiger partial charge in [0.2, 0.25) is 0 Å². The minimum Gasteiger partial charge on any atom is -0.462 e. The molecule has 5 heteroatoms. The van der Waals surface area contributed by atoms with Crippen LogP contribution in [0.4, 0.5) is 5.69 Å². The van der Waals surface area contributed by atoms with E-state index in [1.54, 1.807) is 6.92 Å². The van der Waals surface area contributed by atoms with Gasteiger partial charge in [0, 0.05) is 18.6 Å². The van der Waals surface area contributed by atoms with E-state index in [0.717, 1.165) is 15.7 Å². The zero-order valence-electron chi connectivity index (χ0n) is 10.3. The standard InChI is InChI=1S/C12H15BrClNO2/c1-5-17-12(16)9-8(15(3)4)6-7(2)10(13)11(9)14/h6H,5H2,1-4H3. The first-order valence-corrected chi connectivity index (χ1v) is 6.40. The summed E-state index contributed by atoms with van der Waals surface area (Å²) >= 11 is 9.58. The highest BCUT2D eigenvalue weighted by atomic mass is 79.9. The molecular formula is C12H15BrClNO2. The second kappa shape index (κ2) is 5.74. The molecule has 0 heterocycles. The van der Waals surface area contributed by atoms with Crippen molar-refractivity contribution in [3.8, 4) is 0 Å². The van der Waals surface area contributed by atoms with Crippen molar-refractivity contribution in [3.05, 3.63) is 26.7 Å².